The quantitative estimate of drug-likeness (QED) is 0.447. The Morgan fingerprint density at radius 2 is 1.72 bits per heavy atom. The highest BCUT2D eigenvalue weighted by Gasteiger charge is 2.19. The molecule has 0 bridgehead atoms. The van der Waals surface area contributed by atoms with E-state index in [-0.39, 0.29) is 17.1 Å². The van der Waals surface area contributed by atoms with Crippen molar-refractivity contribution < 1.29 is 9.50 Å². The number of nitrogens with zero attached hydrogens (tertiary/aromatic N) is 2. The molecule has 0 saturated heterocycles. The van der Waals surface area contributed by atoms with Gasteiger partial charge in [0, 0.05) is 29.5 Å². The molecule has 0 radical (unpaired) electrons. The third-order valence-electron chi connectivity index (χ3n) is 5.51. The van der Waals surface area contributed by atoms with Crippen LogP contribution in [0.4, 0.5) is 4.39 Å². The third-order valence-corrected chi connectivity index (χ3v) is 5.98. The summed E-state index contributed by atoms with van der Waals surface area (Å²) in [7, 11) is 2.49. The lowest BCUT2D eigenvalue weighted by Crippen LogP contribution is -2.29. The first kappa shape index (κ1) is 21.9. The Morgan fingerprint density at radius 1 is 1.00 bits per heavy atom. The predicted molar refractivity (Wildman–Crippen MR) is 129 cm³/mol. The van der Waals surface area contributed by atoms with Gasteiger partial charge in [-0.3, -0.25) is 9.36 Å². The van der Waals surface area contributed by atoms with E-state index in [0.29, 0.717) is 47.3 Å². The summed E-state index contributed by atoms with van der Waals surface area (Å²) in [5.41, 5.74) is 3.39. The number of phenolic OH excluding ortho intramolecular Hbond substituents is 1. The van der Waals surface area contributed by atoms with E-state index in [9.17, 15) is 14.3 Å². The highest BCUT2D eigenvalue weighted by molar-refractivity contribution is 7.27. The molecule has 0 aliphatic rings. The van der Waals surface area contributed by atoms with Crippen LogP contribution in [-0.4, -0.2) is 14.7 Å². The molecule has 1 aromatic heterocycles. The summed E-state index contributed by atoms with van der Waals surface area (Å²) in [5, 5.41) is 11.3. The zero-order valence-corrected chi connectivity index (χ0v) is 18.9. The second-order valence-corrected chi connectivity index (χ2v) is 8.36. The first-order valence-corrected chi connectivity index (χ1v) is 11.0. The molecule has 0 amide bonds. The van der Waals surface area contributed by atoms with Crippen LogP contribution < -0.4 is 10.9 Å². The topological polar surface area (TPSA) is 55.1 Å². The number of aryl methyl sites for hydroxylation is 2. The molecule has 0 spiro atoms. The zero-order chi connectivity index (χ0) is 22.7. The summed E-state index contributed by atoms with van der Waals surface area (Å²) in [6.45, 7) is 2.13. The Labute approximate surface area is 188 Å². The van der Waals surface area contributed by atoms with Crippen LogP contribution in [0.15, 0.2) is 77.6 Å². The van der Waals surface area contributed by atoms with Gasteiger partial charge in [-0.1, -0.05) is 54.6 Å². The van der Waals surface area contributed by atoms with E-state index in [1.807, 2.05) is 49.4 Å². The molecule has 4 aromatic rings. The highest BCUT2D eigenvalue weighted by Crippen LogP contribution is 2.27. The van der Waals surface area contributed by atoms with Crippen molar-refractivity contribution in [2.75, 3.05) is 0 Å². The van der Waals surface area contributed by atoms with Crippen molar-refractivity contribution in [3.05, 3.63) is 111 Å². The van der Waals surface area contributed by atoms with Crippen molar-refractivity contribution in [1.82, 2.24) is 9.55 Å². The maximum Gasteiger partial charge on any atom is 0.257 e. The Kier molecular flexibility index (Phi) is 6.48. The Morgan fingerprint density at radius 3 is 2.47 bits per heavy atom. The van der Waals surface area contributed by atoms with E-state index in [1.54, 1.807) is 22.8 Å². The Balaban J connectivity index is 1.83. The molecule has 4 rings (SSSR count). The maximum absolute atomic E-state index is 13.7. The largest absolute Gasteiger partial charge is 0.507 e. The van der Waals surface area contributed by atoms with Gasteiger partial charge in [-0.25, -0.2) is 9.37 Å². The average Bonchev–Trinajstić information content (AvgIpc) is 2.78. The van der Waals surface area contributed by atoms with Crippen LogP contribution in [0.1, 0.15) is 22.4 Å². The zero-order valence-electron chi connectivity index (χ0n) is 17.8. The number of halogens is 1. The number of aromatic nitrogens is 2. The van der Waals surface area contributed by atoms with Crippen molar-refractivity contribution >= 4 is 14.5 Å². The van der Waals surface area contributed by atoms with Gasteiger partial charge in [-0.05, 0) is 42.7 Å². The predicted octanol–water partition coefficient (Wildman–Crippen LogP) is 4.40. The second kappa shape index (κ2) is 9.46. The Hall–Kier alpha value is -3.30. The molecule has 162 valence electrons. The summed E-state index contributed by atoms with van der Waals surface area (Å²) < 4.78 is 15.2. The van der Waals surface area contributed by atoms with Gasteiger partial charge in [0.15, 0.2) is 0 Å². The molecule has 0 aliphatic heterocycles. The number of aromatic hydroxyl groups is 1. The van der Waals surface area contributed by atoms with Crippen molar-refractivity contribution in [2.45, 2.75) is 26.3 Å². The molecule has 4 nitrogen and oxygen atoms in total. The van der Waals surface area contributed by atoms with Crippen LogP contribution in [-0.2, 0) is 19.4 Å². The number of benzene rings is 3. The normalized spacial score (nSPS) is 11.0. The van der Waals surface area contributed by atoms with Crippen LogP contribution in [0, 0.1) is 12.7 Å². The minimum atomic E-state index is -0.310. The van der Waals surface area contributed by atoms with Gasteiger partial charge >= 0.3 is 0 Å². The maximum atomic E-state index is 13.7. The van der Waals surface area contributed by atoms with E-state index in [4.69, 9.17) is 4.98 Å². The van der Waals surface area contributed by atoms with E-state index >= 15 is 0 Å². The molecule has 1 N–H and O–H groups in total. The van der Waals surface area contributed by atoms with Crippen LogP contribution in [0.25, 0.3) is 11.4 Å². The summed E-state index contributed by atoms with van der Waals surface area (Å²) in [4.78, 5) is 18.4. The van der Waals surface area contributed by atoms with Gasteiger partial charge < -0.3 is 5.11 Å². The molecule has 3 aromatic carbocycles. The van der Waals surface area contributed by atoms with Crippen molar-refractivity contribution in [1.29, 1.82) is 0 Å². The second-order valence-electron chi connectivity index (χ2n) is 7.74. The van der Waals surface area contributed by atoms with E-state index in [1.165, 1.54) is 12.1 Å². The van der Waals surface area contributed by atoms with Crippen molar-refractivity contribution in [3.8, 4) is 17.1 Å². The fourth-order valence-electron chi connectivity index (χ4n) is 3.79. The smallest absolute Gasteiger partial charge is 0.257 e. The summed E-state index contributed by atoms with van der Waals surface area (Å²) >= 11 is 0. The molecule has 1 unspecified atom stereocenters. The lowest BCUT2D eigenvalue weighted by atomic mass is 10.0. The van der Waals surface area contributed by atoms with Gasteiger partial charge in [-0.2, -0.15) is 0 Å². The van der Waals surface area contributed by atoms with Gasteiger partial charge in [0.2, 0.25) is 0 Å². The lowest BCUT2D eigenvalue weighted by Gasteiger charge is -2.17. The van der Waals surface area contributed by atoms with Crippen LogP contribution in [0.5, 0.6) is 5.75 Å². The van der Waals surface area contributed by atoms with Gasteiger partial charge in [0.25, 0.3) is 5.56 Å². The first-order chi connectivity index (χ1) is 15.4. The molecule has 1 heterocycles. The van der Waals surface area contributed by atoms with E-state index in [2.05, 4.69) is 9.24 Å². The lowest BCUT2D eigenvalue weighted by molar-refractivity contribution is 0.480. The van der Waals surface area contributed by atoms with E-state index in [0.717, 1.165) is 11.1 Å². The number of hydrogen-bond acceptors (Lipinski definition) is 3. The number of rotatable bonds is 6. The summed E-state index contributed by atoms with van der Waals surface area (Å²) in [6.07, 6.45) is 0.927. The number of phenols is 1. The summed E-state index contributed by atoms with van der Waals surface area (Å²) in [5.74, 6) is 0.164. The van der Waals surface area contributed by atoms with Crippen LogP contribution in [0.2, 0.25) is 0 Å². The first-order valence-electron chi connectivity index (χ1n) is 10.4. The van der Waals surface area contributed by atoms with Crippen LogP contribution >= 0.6 is 9.24 Å². The molecule has 1 atom stereocenters. The molecular formula is C26H24FN2O2P. The van der Waals surface area contributed by atoms with Gasteiger partial charge in [0.05, 0.1) is 5.56 Å². The average molecular weight is 446 g/mol. The van der Waals surface area contributed by atoms with Gasteiger partial charge in [-0.15, -0.1) is 9.24 Å². The minimum absolute atomic E-state index is 0.0686. The monoisotopic (exact) mass is 446 g/mol. The standard InChI is InChI=1S/C26H24FN2O2P/c1-17-22(16-18-7-3-2-4-8-18)26(31)29(14-13-19-9-5-10-20(27)15-19)25(28-17)21-11-6-12-23(32)24(21)30/h2-12,15,30H,13-14,16,32H2,1H3. The van der Waals surface area contributed by atoms with Crippen molar-refractivity contribution in [2.24, 2.45) is 0 Å². The fourth-order valence-corrected chi connectivity index (χ4v) is 4.06. The fraction of sp³-hybridized carbons (Fsp3) is 0.154. The molecular weight excluding hydrogens is 422 g/mol. The molecule has 6 heteroatoms. The molecule has 0 aliphatic carbocycles. The van der Waals surface area contributed by atoms with Crippen LogP contribution in [0.3, 0.4) is 0 Å². The van der Waals surface area contributed by atoms with Crippen molar-refractivity contribution in [3.63, 3.8) is 0 Å². The molecule has 0 saturated carbocycles. The summed E-state index contributed by atoms with van der Waals surface area (Å²) in [6, 6.07) is 21.5. The van der Waals surface area contributed by atoms with Gasteiger partial charge in [0.1, 0.15) is 17.4 Å². The van der Waals surface area contributed by atoms with E-state index < -0.39 is 0 Å². The number of para-hydroxylation sites is 1. The Bertz CT molecular complexity index is 1320. The highest BCUT2D eigenvalue weighted by atomic mass is 31.0. The SMILES string of the molecule is Cc1nc(-c2cccc(P)c2O)n(CCc2cccc(F)c2)c(=O)c1Cc1ccccc1. The minimum Gasteiger partial charge on any atom is -0.507 e. The third kappa shape index (κ3) is 4.63. The number of hydrogen-bond donors (Lipinski definition) is 1. The molecule has 32 heavy (non-hydrogen) atoms. The molecule has 0 fully saturated rings.